The minimum atomic E-state index is 0.210. The third-order valence-corrected chi connectivity index (χ3v) is 3.75. The Morgan fingerprint density at radius 3 is 2.69 bits per heavy atom. The van der Waals surface area contributed by atoms with E-state index in [-0.39, 0.29) is 4.75 Å². The molecule has 1 heterocycles. The maximum Gasteiger partial charge on any atom is 0.122 e. The summed E-state index contributed by atoms with van der Waals surface area (Å²) in [5.74, 6) is 0. The number of rotatable bonds is 5. The quantitative estimate of drug-likeness (QED) is 0.791. The van der Waals surface area contributed by atoms with Crippen molar-refractivity contribution in [1.29, 1.82) is 0 Å². The average molecular weight is 255 g/mol. The zero-order chi connectivity index (χ0) is 12.2. The lowest BCUT2D eigenvalue weighted by molar-refractivity contribution is 0.752. The smallest absolute Gasteiger partial charge is 0.122 e. The summed E-state index contributed by atoms with van der Waals surface area (Å²) in [6.45, 7) is 5.28. The molecule has 0 aliphatic carbocycles. The van der Waals surface area contributed by atoms with Gasteiger partial charge in [-0.25, -0.2) is 0 Å². The lowest BCUT2D eigenvalue weighted by atomic mass is 10.2. The topological polar surface area (TPSA) is 50.9 Å². The van der Waals surface area contributed by atoms with E-state index in [1.165, 1.54) is 0 Å². The monoisotopic (exact) mass is 255 g/mol. The molecule has 0 atom stereocenters. The fourth-order valence-electron chi connectivity index (χ4n) is 1.03. The SMILES string of the molecule is CSC(C)(C)CNc1ccc(C(N)=S)nc1. The highest BCUT2D eigenvalue weighted by Gasteiger charge is 2.15. The van der Waals surface area contributed by atoms with Crippen LogP contribution in [0.15, 0.2) is 18.3 Å². The van der Waals surface area contributed by atoms with Crippen molar-refractivity contribution in [3.05, 3.63) is 24.0 Å². The highest BCUT2D eigenvalue weighted by Crippen LogP contribution is 2.21. The van der Waals surface area contributed by atoms with Gasteiger partial charge in [-0.05, 0) is 32.2 Å². The van der Waals surface area contributed by atoms with E-state index < -0.39 is 0 Å². The molecule has 1 aromatic rings. The number of thioether (sulfide) groups is 1. The molecule has 0 bridgehead atoms. The van der Waals surface area contributed by atoms with E-state index in [4.69, 9.17) is 18.0 Å². The molecule has 0 fully saturated rings. The second-order valence-electron chi connectivity index (χ2n) is 4.11. The summed E-state index contributed by atoms with van der Waals surface area (Å²) < 4.78 is 0.210. The lowest BCUT2D eigenvalue weighted by Gasteiger charge is -2.22. The molecule has 1 rings (SSSR count). The molecule has 0 aliphatic rings. The van der Waals surface area contributed by atoms with Gasteiger partial charge in [0.05, 0.1) is 17.6 Å². The van der Waals surface area contributed by atoms with Gasteiger partial charge in [0.2, 0.25) is 0 Å². The zero-order valence-corrected chi connectivity index (χ0v) is 11.4. The maximum absolute atomic E-state index is 5.47. The highest BCUT2D eigenvalue weighted by atomic mass is 32.2. The number of hydrogen-bond acceptors (Lipinski definition) is 4. The molecular formula is C11H17N3S2. The second-order valence-corrected chi connectivity index (χ2v) is 6.07. The summed E-state index contributed by atoms with van der Waals surface area (Å²) in [6.07, 6.45) is 3.86. The first-order chi connectivity index (χ1) is 7.44. The molecule has 88 valence electrons. The van der Waals surface area contributed by atoms with Crippen molar-refractivity contribution in [3.63, 3.8) is 0 Å². The Labute approximate surface area is 106 Å². The van der Waals surface area contributed by atoms with E-state index in [1.807, 2.05) is 23.9 Å². The largest absolute Gasteiger partial charge is 0.388 e. The fraction of sp³-hybridized carbons (Fsp3) is 0.455. The Kier molecular flexibility index (Phi) is 4.56. The first kappa shape index (κ1) is 13.3. The Morgan fingerprint density at radius 1 is 1.56 bits per heavy atom. The van der Waals surface area contributed by atoms with Crippen molar-refractivity contribution in [2.24, 2.45) is 5.73 Å². The van der Waals surface area contributed by atoms with Crippen LogP contribution >= 0.6 is 24.0 Å². The number of pyridine rings is 1. The van der Waals surface area contributed by atoms with Gasteiger partial charge in [0, 0.05) is 11.3 Å². The number of aromatic nitrogens is 1. The molecule has 5 heteroatoms. The van der Waals surface area contributed by atoms with Crippen molar-refractivity contribution >= 4 is 34.7 Å². The summed E-state index contributed by atoms with van der Waals surface area (Å²) >= 11 is 6.67. The third kappa shape index (κ3) is 3.98. The van der Waals surface area contributed by atoms with Crippen LogP contribution in [0.25, 0.3) is 0 Å². The van der Waals surface area contributed by atoms with Gasteiger partial charge in [-0.2, -0.15) is 11.8 Å². The predicted octanol–water partition coefficient (Wildman–Crippen LogP) is 2.27. The van der Waals surface area contributed by atoms with Gasteiger partial charge in [-0.15, -0.1) is 0 Å². The molecular weight excluding hydrogens is 238 g/mol. The van der Waals surface area contributed by atoms with Crippen molar-refractivity contribution in [1.82, 2.24) is 4.98 Å². The van der Waals surface area contributed by atoms with E-state index in [9.17, 15) is 0 Å². The molecule has 0 aromatic carbocycles. The van der Waals surface area contributed by atoms with Crippen LogP contribution in [0.3, 0.4) is 0 Å². The van der Waals surface area contributed by atoms with Gasteiger partial charge >= 0.3 is 0 Å². The van der Waals surface area contributed by atoms with Gasteiger partial charge in [-0.3, -0.25) is 4.98 Å². The van der Waals surface area contributed by atoms with Crippen LogP contribution in [-0.2, 0) is 0 Å². The minimum absolute atomic E-state index is 0.210. The Bertz CT molecular complexity index is 360. The van der Waals surface area contributed by atoms with Gasteiger partial charge in [0.1, 0.15) is 4.99 Å². The van der Waals surface area contributed by atoms with E-state index >= 15 is 0 Å². The summed E-state index contributed by atoms with van der Waals surface area (Å²) in [7, 11) is 0. The molecule has 0 saturated heterocycles. The third-order valence-electron chi connectivity index (χ3n) is 2.29. The van der Waals surface area contributed by atoms with Crippen LogP contribution in [0, 0.1) is 0 Å². The number of thiocarbonyl (C=S) groups is 1. The molecule has 3 nitrogen and oxygen atoms in total. The van der Waals surface area contributed by atoms with Crippen LogP contribution in [0.5, 0.6) is 0 Å². The molecule has 0 unspecified atom stereocenters. The summed E-state index contributed by atoms with van der Waals surface area (Å²) in [6, 6.07) is 3.77. The number of nitrogens with two attached hydrogens (primary N) is 1. The number of nitrogens with zero attached hydrogens (tertiary/aromatic N) is 1. The van der Waals surface area contributed by atoms with E-state index in [2.05, 4.69) is 30.4 Å². The first-order valence-electron chi connectivity index (χ1n) is 4.99. The van der Waals surface area contributed by atoms with Crippen LogP contribution in [-0.4, -0.2) is 27.5 Å². The molecule has 3 N–H and O–H groups in total. The number of nitrogens with one attached hydrogen (secondary N) is 1. The molecule has 16 heavy (non-hydrogen) atoms. The van der Waals surface area contributed by atoms with Crippen molar-refractivity contribution < 1.29 is 0 Å². The predicted molar refractivity (Wildman–Crippen MR) is 76.2 cm³/mol. The number of anilines is 1. The van der Waals surface area contributed by atoms with Crippen molar-refractivity contribution in [2.45, 2.75) is 18.6 Å². The first-order valence-corrected chi connectivity index (χ1v) is 6.63. The Hall–Kier alpha value is -0.810. The van der Waals surface area contributed by atoms with Gasteiger partial charge in [0.25, 0.3) is 0 Å². The van der Waals surface area contributed by atoms with E-state index in [0.29, 0.717) is 10.7 Å². The molecule has 0 aliphatic heterocycles. The van der Waals surface area contributed by atoms with E-state index in [0.717, 1.165) is 12.2 Å². The van der Waals surface area contributed by atoms with E-state index in [1.54, 1.807) is 6.20 Å². The van der Waals surface area contributed by atoms with Crippen LogP contribution in [0.2, 0.25) is 0 Å². The zero-order valence-electron chi connectivity index (χ0n) is 9.78. The Balaban J connectivity index is 2.59. The normalized spacial score (nSPS) is 11.2. The second kappa shape index (κ2) is 5.50. The Morgan fingerprint density at radius 2 is 2.25 bits per heavy atom. The van der Waals surface area contributed by atoms with Crippen LogP contribution in [0.1, 0.15) is 19.5 Å². The standard InChI is InChI=1S/C11H17N3S2/c1-11(2,16-3)7-14-8-4-5-9(10(12)15)13-6-8/h4-6,14H,7H2,1-3H3,(H2,12,15). The maximum atomic E-state index is 5.47. The van der Waals surface area contributed by atoms with Gasteiger partial charge in [-0.1, -0.05) is 12.2 Å². The summed E-state index contributed by atoms with van der Waals surface area (Å²) in [5.41, 5.74) is 7.12. The highest BCUT2D eigenvalue weighted by molar-refractivity contribution is 7.99. The van der Waals surface area contributed by atoms with Crippen molar-refractivity contribution in [2.75, 3.05) is 18.1 Å². The minimum Gasteiger partial charge on any atom is -0.388 e. The number of hydrogen-bond donors (Lipinski definition) is 2. The lowest BCUT2D eigenvalue weighted by Crippen LogP contribution is -2.25. The van der Waals surface area contributed by atoms with Gasteiger partial charge in [0.15, 0.2) is 0 Å². The molecule has 0 spiro atoms. The molecule has 0 saturated carbocycles. The molecule has 1 aromatic heterocycles. The summed E-state index contributed by atoms with van der Waals surface area (Å²) in [4.78, 5) is 4.50. The molecule has 0 amide bonds. The summed E-state index contributed by atoms with van der Waals surface area (Å²) in [5, 5.41) is 3.33. The van der Waals surface area contributed by atoms with Gasteiger partial charge < -0.3 is 11.1 Å². The average Bonchev–Trinajstić information content (AvgIpc) is 2.27. The van der Waals surface area contributed by atoms with Crippen LogP contribution in [0.4, 0.5) is 5.69 Å². The van der Waals surface area contributed by atoms with Crippen molar-refractivity contribution in [3.8, 4) is 0 Å². The fourth-order valence-corrected chi connectivity index (χ4v) is 1.37. The molecule has 0 radical (unpaired) electrons. The van der Waals surface area contributed by atoms with Crippen LogP contribution < -0.4 is 11.1 Å².